The minimum atomic E-state index is -0.0623. The largest absolute Gasteiger partial charge is 0.361 e. The number of nitrogens with zero attached hydrogens (tertiary/aromatic N) is 2. The third-order valence-corrected chi connectivity index (χ3v) is 5.33. The van der Waals surface area contributed by atoms with Crippen molar-refractivity contribution < 1.29 is 4.79 Å². The molecule has 128 valence electrons. The fraction of sp³-hybridized carbons (Fsp3) is 0.263. The topological polar surface area (TPSA) is 59.0 Å². The van der Waals surface area contributed by atoms with E-state index < -0.39 is 0 Å². The van der Waals surface area contributed by atoms with Crippen molar-refractivity contribution in [3.8, 4) is 0 Å². The molecule has 1 amide bonds. The minimum Gasteiger partial charge on any atom is -0.361 e. The van der Waals surface area contributed by atoms with E-state index in [2.05, 4.69) is 27.9 Å². The van der Waals surface area contributed by atoms with Crippen LogP contribution < -0.4 is 10.6 Å². The normalized spacial score (nSPS) is 15.6. The average Bonchev–Trinajstić information content (AvgIpc) is 3.35. The van der Waals surface area contributed by atoms with E-state index in [-0.39, 0.29) is 11.9 Å². The van der Waals surface area contributed by atoms with Gasteiger partial charge in [0.15, 0.2) is 0 Å². The van der Waals surface area contributed by atoms with Crippen LogP contribution in [0.2, 0.25) is 0 Å². The van der Waals surface area contributed by atoms with Crippen molar-refractivity contribution >= 4 is 23.1 Å². The van der Waals surface area contributed by atoms with Gasteiger partial charge in [-0.1, -0.05) is 43.3 Å². The van der Waals surface area contributed by atoms with Gasteiger partial charge in [0.05, 0.1) is 24.8 Å². The van der Waals surface area contributed by atoms with E-state index in [0.29, 0.717) is 12.1 Å². The highest BCUT2D eigenvalue weighted by atomic mass is 32.1. The first kappa shape index (κ1) is 15.9. The molecule has 3 heterocycles. The number of aryl methyl sites for hydroxylation is 1. The summed E-state index contributed by atoms with van der Waals surface area (Å²) in [5.41, 5.74) is 2.73. The molecule has 3 aromatic rings. The highest BCUT2D eigenvalue weighted by Gasteiger charge is 2.30. The smallest absolute Gasteiger partial charge is 0.257 e. The summed E-state index contributed by atoms with van der Waals surface area (Å²) in [5, 5.41) is 13.2. The molecule has 1 aromatic carbocycles. The lowest BCUT2D eigenvalue weighted by atomic mass is 10.1. The minimum absolute atomic E-state index is 0.0623. The molecule has 4 rings (SSSR count). The van der Waals surface area contributed by atoms with Crippen molar-refractivity contribution in [3.63, 3.8) is 0 Å². The van der Waals surface area contributed by atoms with Crippen LogP contribution in [0.3, 0.4) is 0 Å². The molecule has 1 aliphatic heterocycles. The molecule has 0 aliphatic carbocycles. The van der Waals surface area contributed by atoms with Crippen LogP contribution in [0.25, 0.3) is 0 Å². The highest BCUT2D eigenvalue weighted by Crippen LogP contribution is 2.33. The van der Waals surface area contributed by atoms with Crippen LogP contribution in [0.4, 0.5) is 5.82 Å². The van der Waals surface area contributed by atoms with Crippen LogP contribution in [-0.2, 0) is 19.5 Å². The summed E-state index contributed by atoms with van der Waals surface area (Å²) in [5.74, 6) is 0.766. The van der Waals surface area contributed by atoms with E-state index in [4.69, 9.17) is 0 Å². The first-order valence-corrected chi connectivity index (χ1v) is 9.36. The van der Waals surface area contributed by atoms with E-state index in [0.717, 1.165) is 29.4 Å². The molecule has 5 nitrogen and oxygen atoms in total. The molecule has 6 heteroatoms. The van der Waals surface area contributed by atoms with Gasteiger partial charge in [0, 0.05) is 4.88 Å². The Labute approximate surface area is 150 Å². The van der Waals surface area contributed by atoms with Gasteiger partial charge in [-0.25, -0.2) is 4.68 Å². The number of thiophene rings is 1. The molecule has 2 aromatic heterocycles. The number of anilines is 1. The lowest BCUT2D eigenvalue weighted by molar-refractivity contribution is 0.0951. The van der Waals surface area contributed by atoms with E-state index >= 15 is 0 Å². The van der Waals surface area contributed by atoms with Crippen LogP contribution in [0.1, 0.15) is 39.5 Å². The summed E-state index contributed by atoms with van der Waals surface area (Å²) in [6.07, 6.45) is 0.736. The van der Waals surface area contributed by atoms with E-state index in [9.17, 15) is 4.79 Å². The predicted octanol–water partition coefficient (Wildman–Crippen LogP) is 3.60. The molecule has 0 spiro atoms. The Morgan fingerprint density at radius 1 is 1.32 bits per heavy atom. The van der Waals surface area contributed by atoms with E-state index in [1.165, 1.54) is 5.56 Å². The molecule has 25 heavy (non-hydrogen) atoms. The van der Waals surface area contributed by atoms with Gasteiger partial charge < -0.3 is 10.6 Å². The second-order valence-electron chi connectivity index (χ2n) is 6.08. The highest BCUT2D eigenvalue weighted by molar-refractivity contribution is 7.09. The van der Waals surface area contributed by atoms with Crippen LogP contribution in [-0.4, -0.2) is 15.7 Å². The molecule has 1 aliphatic rings. The molecule has 0 fully saturated rings. The molecular formula is C19H20N4OS. The zero-order valence-corrected chi connectivity index (χ0v) is 14.8. The van der Waals surface area contributed by atoms with Crippen LogP contribution in [0.15, 0.2) is 47.8 Å². The maximum Gasteiger partial charge on any atom is 0.257 e. The van der Waals surface area contributed by atoms with Crippen molar-refractivity contribution in [1.82, 2.24) is 15.1 Å². The Balaban J connectivity index is 1.56. The predicted molar refractivity (Wildman–Crippen MR) is 99.9 cm³/mol. The first-order valence-electron chi connectivity index (χ1n) is 8.48. The van der Waals surface area contributed by atoms with Crippen molar-refractivity contribution in [2.75, 3.05) is 5.32 Å². The summed E-state index contributed by atoms with van der Waals surface area (Å²) >= 11 is 1.64. The molecule has 0 saturated carbocycles. The van der Waals surface area contributed by atoms with Gasteiger partial charge >= 0.3 is 0 Å². The second-order valence-corrected chi connectivity index (χ2v) is 7.11. The van der Waals surface area contributed by atoms with E-state index in [1.807, 2.05) is 47.3 Å². The third kappa shape index (κ3) is 3.05. The van der Waals surface area contributed by atoms with Crippen molar-refractivity contribution in [1.29, 1.82) is 0 Å². The maximum atomic E-state index is 12.8. The monoisotopic (exact) mass is 352 g/mol. The number of amides is 1. The molecule has 2 N–H and O–H groups in total. The Hall–Kier alpha value is -2.60. The van der Waals surface area contributed by atoms with E-state index in [1.54, 1.807) is 11.3 Å². The molecule has 0 bridgehead atoms. The van der Waals surface area contributed by atoms with Gasteiger partial charge in [0.2, 0.25) is 0 Å². The third-order valence-electron chi connectivity index (χ3n) is 4.46. The number of nitrogens with one attached hydrogen (secondary N) is 2. The van der Waals surface area contributed by atoms with Gasteiger partial charge in [-0.15, -0.1) is 11.3 Å². The van der Waals surface area contributed by atoms with Gasteiger partial charge in [-0.05, 0) is 23.4 Å². The fourth-order valence-corrected chi connectivity index (χ4v) is 3.85. The summed E-state index contributed by atoms with van der Waals surface area (Å²) in [6.45, 7) is 3.32. The second kappa shape index (κ2) is 6.72. The standard InChI is InChI=1S/C19H20N4OS/c1-2-15-17(19(24)20-11-14-9-6-10-25-14)18-21-16(12-23(18)22-15)13-7-4-3-5-8-13/h3-10,16,21H,2,11-12H2,1H3,(H,20,24)/t16-/m1/s1. The molecule has 1 atom stereocenters. The number of hydrogen-bond acceptors (Lipinski definition) is 4. The van der Waals surface area contributed by atoms with Gasteiger partial charge in [-0.2, -0.15) is 5.10 Å². The molecule has 0 radical (unpaired) electrons. The van der Waals surface area contributed by atoms with Crippen LogP contribution >= 0.6 is 11.3 Å². The van der Waals surface area contributed by atoms with Crippen molar-refractivity contribution in [2.45, 2.75) is 32.5 Å². The van der Waals surface area contributed by atoms with Gasteiger partial charge in [-0.3, -0.25) is 4.79 Å². The quantitative estimate of drug-likeness (QED) is 0.737. The van der Waals surface area contributed by atoms with Crippen molar-refractivity contribution in [2.24, 2.45) is 0 Å². The SMILES string of the molecule is CCc1nn2c(c1C(=O)NCc1cccs1)N[C@@H](c1ccccc1)C2. The molecule has 0 saturated heterocycles. The lowest BCUT2D eigenvalue weighted by Gasteiger charge is -2.12. The number of fused-ring (bicyclic) bond motifs is 1. The molecule has 0 unspecified atom stereocenters. The number of benzene rings is 1. The maximum absolute atomic E-state index is 12.8. The Morgan fingerprint density at radius 2 is 2.16 bits per heavy atom. The van der Waals surface area contributed by atoms with Crippen molar-refractivity contribution in [3.05, 3.63) is 69.5 Å². The summed E-state index contributed by atoms with van der Waals surface area (Å²) in [7, 11) is 0. The van der Waals surface area contributed by atoms with Gasteiger partial charge in [0.1, 0.15) is 11.4 Å². The zero-order chi connectivity index (χ0) is 17.2. The zero-order valence-electron chi connectivity index (χ0n) is 14.0. The Morgan fingerprint density at radius 3 is 2.88 bits per heavy atom. The summed E-state index contributed by atoms with van der Waals surface area (Å²) in [4.78, 5) is 13.9. The lowest BCUT2D eigenvalue weighted by Crippen LogP contribution is -2.24. The fourth-order valence-electron chi connectivity index (χ4n) is 3.20. The number of carbonyl (C=O) groups excluding carboxylic acids is 1. The number of rotatable bonds is 5. The van der Waals surface area contributed by atoms with Crippen LogP contribution in [0.5, 0.6) is 0 Å². The molecular weight excluding hydrogens is 332 g/mol. The average molecular weight is 352 g/mol. The Kier molecular flexibility index (Phi) is 4.28. The first-order chi connectivity index (χ1) is 12.3. The van der Waals surface area contributed by atoms with Gasteiger partial charge in [0.25, 0.3) is 5.91 Å². The Bertz CT molecular complexity index is 870. The number of hydrogen-bond donors (Lipinski definition) is 2. The number of carbonyl (C=O) groups is 1. The summed E-state index contributed by atoms with van der Waals surface area (Å²) < 4.78 is 1.93. The summed E-state index contributed by atoms with van der Waals surface area (Å²) in [6, 6.07) is 14.4. The number of aromatic nitrogens is 2. The van der Waals surface area contributed by atoms with Crippen LogP contribution in [0, 0.1) is 0 Å².